The van der Waals surface area contributed by atoms with Gasteiger partial charge in [0.2, 0.25) is 5.91 Å². The maximum atomic E-state index is 13.0. The molecule has 10 heteroatoms. The fourth-order valence-corrected chi connectivity index (χ4v) is 3.32. The number of nitro benzene ring substituents is 1. The number of benzene rings is 2. The number of nitrogens with two attached hydrogens (primary N) is 1. The third-order valence-corrected chi connectivity index (χ3v) is 4.81. The molecule has 0 aliphatic carbocycles. The molecule has 160 valence electrons. The summed E-state index contributed by atoms with van der Waals surface area (Å²) in [6.07, 6.45) is -0.304. The van der Waals surface area contributed by atoms with Crippen LogP contribution in [0.3, 0.4) is 0 Å². The predicted octanol–water partition coefficient (Wildman–Crippen LogP) is 1.67. The topological polar surface area (TPSA) is 144 Å². The van der Waals surface area contributed by atoms with Crippen LogP contribution in [-0.4, -0.2) is 26.9 Å². The van der Waals surface area contributed by atoms with E-state index in [0.717, 1.165) is 10.5 Å². The van der Waals surface area contributed by atoms with Crippen molar-refractivity contribution in [1.29, 1.82) is 0 Å². The van der Waals surface area contributed by atoms with Crippen LogP contribution in [0.2, 0.25) is 0 Å². The third kappa shape index (κ3) is 4.53. The van der Waals surface area contributed by atoms with E-state index in [9.17, 15) is 24.5 Å². The largest absolute Gasteiger partial charge is 0.383 e. The number of anilines is 2. The lowest BCUT2D eigenvalue weighted by molar-refractivity contribution is -0.385. The standard InChI is InChI=1S/C21H21N5O5/c1-2-24(17(27)12-15-10-6-7-11-16(15)26(30)31)18-19(22)25(21(29)23-20(18)28)13-14-8-4-3-5-9-14/h3-11H,2,12-13,22H2,1H3,(H,23,28,29). The molecule has 10 nitrogen and oxygen atoms in total. The zero-order valence-corrected chi connectivity index (χ0v) is 16.8. The van der Waals surface area contributed by atoms with E-state index < -0.39 is 22.1 Å². The molecule has 31 heavy (non-hydrogen) atoms. The number of para-hydroxylation sites is 1. The van der Waals surface area contributed by atoms with E-state index in [-0.39, 0.29) is 42.3 Å². The van der Waals surface area contributed by atoms with Gasteiger partial charge in [-0.05, 0) is 12.5 Å². The molecule has 3 rings (SSSR count). The highest BCUT2D eigenvalue weighted by Crippen LogP contribution is 2.22. The van der Waals surface area contributed by atoms with E-state index >= 15 is 0 Å². The van der Waals surface area contributed by atoms with E-state index in [1.54, 1.807) is 37.3 Å². The quantitative estimate of drug-likeness (QED) is 0.437. The van der Waals surface area contributed by atoms with Crippen molar-refractivity contribution in [3.05, 3.63) is 96.7 Å². The summed E-state index contributed by atoms with van der Waals surface area (Å²) in [5.74, 6) is -0.714. The molecule has 0 unspecified atom stereocenters. The van der Waals surface area contributed by atoms with Gasteiger partial charge in [-0.2, -0.15) is 0 Å². The van der Waals surface area contributed by atoms with Crippen molar-refractivity contribution in [3.63, 3.8) is 0 Å². The van der Waals surface area contributed by atoms with Crippen LogP contribution >= 0.6 is 0 Å². The highest BCUT2D eigenvalue weighted by atomic mass is 16.6. The summed E-state index contributed by atoms with van der Waals surface area (Å²) in [7, 11) is 0. The molecule has 0 saturated heterocycles. The first-order valence-corrected chi connectivity index (χ1v) is 9.52. The first kappa shape index (κ1) is 21.5. The second-order valence-corrected chi connectivity index (χ2v) is 6.77. The summed E-state index contributed by atoms with van der Waals surface area (Å²) in [6.45, 7) is 1.82. The van der Waals surface area contributed by atoms with Crippen LogP contribution < -0.4 is 21.9 Å². The van der Waals surface area contributed by atoms with Crippen LogP contribution in [0.15, 0.2) is 64.2 Å². The van der Waals surface area contributed by atoms with Crippen molar-refractivity contribution in [2.24, 2.45) is 0 Å². The van der Waals surface area contributed by atoms with Gasteiger partial charge in [0, 0.05) is 18.2 Å². The second kappa shape index (κ2) is 9.08. The molecule has 0 aliphatic heterocycles. The lowest BCUT2D eigenvalue weighted by Crippen LogP contribution is -2.41. The van der Waals surface area contributed by atoms with Crippen LogP contribution in [0.4, 0.5) is 17.2 Å². The Bertz CT molecular complexity index is 1230. The molecule has 0 aliphatic rings. The van der Waals surface area contributed by atoms with Gasteiger partial charge in [-0.3, -0.25) is 29.3 Å². The van der Waals surface area contributed by atoms with Gasteiger partial charge in [0.05, 0.1) is 17.9 Å². The molecule has 0 fully saturated rings. The number of rotatable bonds is 7. The maximum absolute atomic E-state index is 13.0. The van der Waals surface area contributed by atoms with Gasteiger partial charge in [-0.1, -0.05) is 48.5 Å². The normalized spacial score (nSPS) is 10.6. The number of carbonyl (C=O) groups excluding carboxylic acids is 1. The van der Waals surface area contributed by atoms with Crippen molar-refractivity contribution in [3.8, 4) is 0 Å². The van der Waals surface area contributed by atoms with E-state index in [0.29, 0.717) is 0 Å². The SMILES string of the molecule is CCN(C(=O)Cc1ccccc1[N+](=O)[O-])c1c(N)n(Cc2ccccc2)c(=O)[nH]c1=O. The molecule has 0 saturated carbocycles. The molecule has 1 aromatic heterocycles. The van der Waals surface area contributed by atoms with Crippen LogP contribution in [0, 0.1) is 10.1 Å². The zero-order valence-electron chi connectivity index (χ0n) is 16.8. The first-order chi connectivity index (χ1) is 14.8. The number of hydrogen-bond donors (Lipinski definition) is 2. The molecular weight excluding hydrogens is 402 g/mol. The van der Waals surface area contributed by atoms with Crippen LogP contribution in [0.25, 0.3) is 0 Å². The second-order valence-electron chi connectivity index (χ2n) is 6.77. The summed E-state index contributed by atoms with van der Waals surface area (Å²) in [4.78, 5) is 51.9. The molecule has 1 amide bonds. The number of amides is 1. The minimum Gasteiger partial charge on any atom is -0.383 e. The molecule has 0 spiro atoms. The minimum atomic E-state index is -0.801. The number of aromatic nitrogens is 2. The average Bonchev–Trinajstić information content (AvgIpc) is 2.75. The van der Waals surface area contributed by atoms with Crippen LogP contribution in [0.1, 0.15) is 18.1 Å². The average molecular weight is 423 g/mol. The Morgan fingerprint density at radius 2 is 1.77 bits per heavy atom. The van der Waals surface area contributed by atoms with Crippen LogP contribution in [0.5, 0.6) is 0 Å². The number of nitrogen functional groups attached to an aromatic ring is 1. The summed E-state index contributed by atoms with van der Waals surface area (Å²) in [6, 6.07) is 14.9. The molecule has 0 bridgehead atoms. The molecular formula is C21H21N5O5. The summed E-state index contributed by atoms with van der Waals surface area (Å²) >= 11 is 0. The number of nitrogens with zero attached hydrogens (tertiary/aromatic N) is 3. The number of carbonyl (C=O) groups is 1. The Kier molecular flexibility index (Phi) is 6.29. The maximum Gasteiger partial charge on any atom is 0.330 e. The van der Waals surface area contributed by atoms with E-state index in [4.69, 9.17) is 5.73 Å². The fraction of sp³-hybridized carbons (Fsp3) is 0.190. The van der Waals surface area contributed by atoms with Crippen molar-refractivity contribution in [2.75, 3.05) is 17.2 Å². The van der Waals surface area contributed by atoms with Gasteiger partial charge >= 0.3 is 5.69 Å². The summed E-state index contributed by atoms with van der Waals surface area (Å²) in [5.41, 5.74) is 5.30. The Hall–Kier alpha value is -4.21. The lowest BCUT2D eigenvalue weighted by atomic mass is 10.1. The number of likely N-dealkylation sites (N-methyl/N-ethyl adjacent to an activating group) is 1. The van der Waals surface area contributed by atoms with E-state index in [1.165, 1.54) is 22.8 Å². The molecule has 2 aromatic carbocycles. The fourth-order valence-electron chi connectivity index (χ4n) is 3.32. The Morgan fingerprint density at radius 1 is 1.13 bits per heavy atom. The summed E-state index contributed by atoms with van der Waals surface area (Å²) < 4.78 is 1.17. The highest BCUT2D eigenvalue weighted by molar-refractivity contribution is 5.97. The van der Waals surface area contributed by atoms with E-state index in [1.807, 2.05) is 6.07 Å². The minimum absolute atomic E-state index is 0.0796. The highest BCUT2D eigenvalue weighted by Gasteiger charge is 2.25. The number of H-pyrrole nitrogens is 1. The van der Waals surface area contributed by atoms with Gasteiger partial charge in [-0.15, -0.1) is 0 Å². The molecule has 0 atom stereocenters. The van der Waals surface area contributed by atoms with Gasteiger partial charge in [-0.25, -0.2) is 4.79 Å². The predicted molar refractivity (Wildman–Crippen MR) is 116 cm³/mol. The Morgan fingerprint density at radius 3 is 2.42 bits per heavy atom. The number of aromatic amines is 1. The third-order valence-electron chi connectivity index (χ3n) is 4.81. The number of hydrogen-bond acceptors (Lipinski definition) is 6. The molecule has 1 heterocycles. The van der Waals surface area contributed by atoms with Gasteiger partial charge < -0.3 is 10.6 Å². The Labute approximate surface area is 176 Å². The smallest absolute Gasteiger partial charge is 0.330 e. The van der Waals surface area contributed by atoms with Crippen molar-refractivity contribution in [2.45, 2.75) is 19.9 Å². The molecule has 3 aromatic rings. The first-order valence-electron chi connectivity index (χ1n) is 9.52. The number of nitro groups is 1. The van der Waals surface area contributed by atoms with Gasteiger partial charge in [0.15, 0.2) is 5.69 Å². The summed E-state index contributed by atoms with van der Waals surface area (Å²) in [5, 5.41) is 11.2. The van der Waals surface area contributed by atoms with Crippen molar-refractivity contribution >= 4 is 23.1 Å². The number of nitrogens with one attached hydrogen (secondary N) is 1. The van der Waals surface area contributed by atoms with Crippen LogP contribution in [-0.2, 0) is 17.8 Å². The van der Waals surface area contributed by atoms with Gasteiger partial charge in [0.25, 0.3) is 11.2 Å². The van der Waals surface area contributed by atoms with E-state index in [2.05, 4.69) is 4.98 Å². The molecule has 0 radical (unpaired) electrons. The molecule has 3 N–H and O–H groups in total. The van der Waals surface area contributed by atoms with Crippen molar-refractivity contribution in [1.82, 2.24) is 9.55 Å². The Balaban J connectivity index is 2.01. The monoisotopic (exact) mass is 423 g/mol. The van der Waals surface area contributed by atoms with Gasteiger partial charge in [0.1, 0.15) is 5.82 Å². The lowest BCUT2D eigenvalue weighted by Gasteiger charge is -2.23. The van der Waals surface area contributed by atoms with Crippen molar-refractivity contribution < 1.29 is 9.72 Å². The zero-order chi connectivity index (χ0) is 22.5.